The number of benzene rings is 1. The van der Waals surface area contributed by atoms with E-state index in [0.717, 1.165) is 17.3 Å². The maximum absolute atomic E-state index is 9.49. The second kappa shape index (κ2) is 3.30. The van der Waals surface area contributed by atoms with E-state index in [9.17, 15) is 10.2 Å². The Balaban J connectivity index is 2.43. The molecular weight excluding hydrogens is 186 g/mol. The zero-order chi connectivity index (χ0) is 9.26. The van der Waals surface area contributed by atoms with Gasteiger partial charge in [0.1, 0.15) is 16.5 Å². The number of aromatic hydroxyl groups is 2. The molecule has 0 unspecified atom stereocenters. The average Bonchev–Trinajstić information content (AvgIpc) is 2.61. The fourth-order valence-corrected chi connectivity index (χ4v) is 2.07. The van der Waals surface area contributed by atoms with Crippen molar-refractivity contribution in [2.24, 2.45) is 4.99 Å². The summed E-state index contributed by atoms with van der Waals surface area (Å²) in [6.07, 6.45) is 0. The third-order valence-corrected chi connectivity index (χ3v) is 2.81. The van der Waals surface area contributed by atoms with Crippen LogP contribution in [-0.4, -0.2) is 27.6 Å². The van der Waals surface area contributed by atoms with Gasteiger partial charge in [-0.15, -0.1) is 11.8 Å². The van der Waals surface area contributed by atoms with Gasteiger partial charge in [-0.25, -0.2) is 0 Å². The SMILES string of the molecule is Oc1ccc(O)c(C2=NCCS2)c1. The number of hydrogen-bond donors (Lipinski definition) is 2. The number of phenolic OH excluding ortho intramolecular Hbond substituents is 2. The van der Waals surface area contributed by atoms with Crippen LogP contribution in [0.25, 0.3) is 0 Å². The summed E-state index contributed by atoms with van der Waals surface area (Å²) in [5.74, 6) is 1.28. The summed E-state index contributed by atoms with van der Waals surface area (Å²) in [7, 11) is 0. The predicted octanol–water partition coefficient (Wildman–Crippen LogP) is 1.59. The lowest BCUT2D eigenvalue weighted by atomic mass is 10.2. The summed E-state index contributed by atoms with van der Waals surface area (Å²) in [6, 6.07) is 4.47. The van der Waals surface area contributed by atoms with Crippen molar-refractivity contribution in [1.29, 1.82) is 0 Å². The summed E-state index contributed by atoms with van der Waals surface area (Å²) >= 11 is 1.60. The summed E-state index contributed by atoms with van der Waals surface area (Å²) in [6.45, 7) is 0.787. The van der Waals surface area contributed by atoms with E-state index in [2.05, 4.69) is 4.99 Å². The van der Waals surface area contributed by atoms with Gasteiger partial charge >= 0.3 is 0 Å². The Labute approximate surface area is 80.1 Å². The van der Waals surface area contributed by atoms with Gasteiger partial charge in [0.25, 0.3) is 0 Å². The molecule has 0 atom stereocenters. The molecule has 0 bridgehead atoms. The van der Waals surface area contributed by atoms with Crippen LogP contribution in [0.15, 0.2) is 23.2 Å². The summed E-state index contributed by atoms with van der Waals surface area (Å²) in [4.78, 5) is 4.22. The molecular formula is C9H9NO2S. The molecule has 0 amide bonds. The van der Waals surface area contributed by atoms with Gasteiger partial charge in [0.15, 0.2) is 0 Å². The Hall–Kier alpha value is -1.16. The van der Waals surface area contributed by atoms with Gasteiger partial charge in [-0.3, -0.25) is 4.99 Å². The van der Waals surface area contributed by atoms with Crippen LogP contribution in [0.1, 0.15) is 5.56 Å². The first-order valence-corrected chi connectivity index (χ1v) is 4.95. The maximum Gasteiger partial charge on any atom is 0.125 e. The van der Waals surface area contributed by atoms with Crippen molar-refractivity contribution in [3.8, 4) is 11.5 Å². The summed E-state index contributed by atoms with van der Waals surface area (Å²) in [5.41, 5.74) is 0.627. The lowest BCUT2D eigenvalue weighted by Crippen LogP contribution is -1.91. The minimum Gasteiger partial charge on any atom is -0.508 e. The Bertz CT molecular complexity index is 363. The number of nitrogens with zero attached hydrogens (tertiary/aromatic N) is 1. The Morgan fingerprint density at radius 1 is 1.31 bits per heavy atom. The highest BCUT2D eigenvalue weighted by atomic mass is 32.2. The third-order valence-electron chi connectivity index (χ3n) is 1.80. The van der Waals surface area contributed by atoms with Crippen molar-refractivity contribution >= 4 is 16.8 Å². The van der Waals surface area contributed by atoms with Crippen molar-refractivity contribution in [1.82, 2.24) is 0 Å². The normalized spacial score (nSPS) is 15.8. The molecule has 0 saturated heterocycles. The fourth-order valence-electron chi connectivity index (χ4n) is 1.19. The summed E-state index contributed by atoms with van der Waals surface area (Å²) in [5, 5.41) is 19.5. The largest absolute Gasteiger partial charge is 0.508 e. The second-order valence-electron chi connectivity index (χ2n) is 2.74. The molecule has 1 aliphatic heterocycles. The Morgan fingerprint density at radius 3 is 2.85 bits per heavy atom. The molecule has 13 heavy (non-hydrogen) atoms. The fraction of sp³-hybridized carbons (Fsp3) is 0.222. The molecule has 2 N–H and O–H groups in total. The first-order valence-electron chi connectivity index (χ1n) is 3.97. The average molecular weight is 195 g/mol. The molecule has 1 aliphatic rings. The minimum atomic E-state index is 0.156. The smallest absolute Gasteiger partial charge is 0.125 e. The maximum atomic E-state index is 9.49. The lowest BCUT2D eigenvalue weighted by Gasteiger charge is -2.03. The number of aliphatic imine (C=N–C) groups is 1. The van der Waals surface area contributed by atoms with E-state index < -0.39 is 0 Å². The van der Waals surface area contributed by atoms with E-state index in [0.29, 0.717) is 5.56 Å². The van der Waals surface area contributed by atoms with Crippen molar-refractivity contribution in [3.05, 3.63) is 23.8 Å². The highest BCUT2D eigenvalue weighted by Gasteiger charge is 2.13. The molecule has 0 aromatic heterocycles. The minimum absolute atomic E-state index is 0.156. The quantitative estimate of drug-likeness (QED) is 0.669. The Kier molecular flexibility index (Phi) is 2.14. The molecule has 68 valence electrons. The van der Waals surface area contributed by atoms with Crippen molar-refractivity contribution in [3.63, 3.8) is 0 Å². The van der Waals surface area contributed by atoms with Crippen molar-refractivity contribution in [2.45, 2.75) is 0 Å². The van der Waals surface area contributed by atoms with Gasteiger partial charge in [0, 0.05) is 12.3 Å². The molecule has 0 radical (unpaired) electrons. The molecule has 0 fully saturated rings. The molecule has 0 saturated carbocycles. The number of thioether (sulfide) groups is 1. The molecule has 0 aliphatic carbocycles. The van der Waals surface area contributed by atoms with Crippen molar-refractivity contribution in [2.75, 3.05) is 12.3 Å². The van der Waals surface area contributed by atoms with Crippen LogP contribution in [0.5, 0.6) is 11.5 Å². The third kappa shape index (κ3) is 1.62. The van der Waals surface area contributed by atoms with Crippen LogP contribution in [0.2, 0.25) is 0 Å². The van der Waals surface area contributed by atoms with Gasteiger partial charge in [0.2, 0.25) is 0 Å². The molecule has 3 nitrogen and oxygen atoms in total. The standard InChI is InChI=1S/C9H9NO2S/c11-6-1-2-8(12)7(5-6)9-10-3-4-13-9/h1-2,5,11-12H,3-4H2. The van der Waals surface area contributed by atoms with Gasteiger partial charge in [-0.1, -0.05) is 0 Å². The molecule has 0 spiro atoms. The number of phenols is 2. The first-order chi connectivity index (χ1) is 6.27. The molecule has 1 aromatic rings. The number of hydrogen-bond acceptors (Lipinski definition) is 4. The Morgan fingerprint density at radius 2 is 2.15 bits per heavy atom. The van der Waals surface area contributed by atoms with E-state index >= 15 is 0 Å². The van der Waals surface area contributed by atoms with Crippen LogP contribution < -0.4 is 0 Å². The monoisotopic (exact) mass is 195 g/mol. The van der Waals surface area contributed by atoms with Gasteiger partial charge < -0.3 is 10.2 Å². The lowest BCUT2D eigenvalue weighted by molar-refractivity contribution is 0.459. The molecule has 1 aromatic carbocycles. The highest BCUT2D eigenvalue weighted by molar-refractivity contribution is 8.14. The van der Waals surface area contributed by atoms with Crippen LogP contribution in [0.3, 0.4) is 0 Å². The van der Waals surface area contributed by atoms with Crippen LogP contribution >= 0.6 is 11.8 Å². The molecule has 1 heterocycles. The molecule has 2 rings (SSSR count). The van der Waals surface area contributed by atoms with Crippen molar-refractivity contribution < 1.29 is 10.2 Å². The van der Waals surface area contributed by atoms with Crippen LogP contribution in [0.4, 0.5) is 0 Å². The zero-order valence-corrected chi connectivity index (χ0v) is 7.71. The zero-order valence-electron chi connectivity index (χ0n) is 6.90. The van der Waals surface area contributed by atoms with Gasteiger partial charge in [-0.2, -0.15) is 0 Å². The van der Waals surface area contributed by atoms with Gasteiger partial charge in [-0.05, 0) is 18.2 Å². The van der Waals surface area contributed by atoms with E-state index in [1.165, 1.54) is 18.2 Å². The van der Waals surface area contributed by atoms with Crippen LogP contribution in [-0.2, 0) is 0 Å². The van der Waals surface area contributed by atoms with E-state index in [1.54, 1.807) is 11.8 Å². The summed E-state index contributed by atoms with van der Waals surface area (Å²) < 4.78 is 0. The second-order valence-corrected chi connectivity index (χ2v) is 3.82. The highest BCUT2D eigenvalue weighted by Crippen LogP contribution is 2.28. The molecule has 4 heteroatoms. The topological polar surface area (TPSA) is 52.8 Å². The van der Waals surface area contributed by atoms with Gasteiger partial charge in [0.05, 0.1) is 5.56 Å². The van der Waals surface area contributed by atoms with Crippen LogP contribution in [0, 0.1) is 0 Å². The first kappa shape index (κ1) is 8.44. The van der Waals surface area contributed by atoms with E-state index in [4.69, 9.17) is 0 Å². The number of rotatable bonds is 1. The van der Waals surface area contributed by atoms with E-state index in [-0.39, 0.29) is 11.5 Å². The predicted molar refractivity (Wildman–Crippen MR) is 53.6 cm³/mol. The van der Waals surface area contributed by atoms with E-state index in [1.807, 2.05) is 0 Å².